The number of hydrogen-bond acceptors (Lipinski definition) is 4. The Bertz CT molecular complexity index is 827. The normalized spacial score (nSPS) is 15.7. The van der Waals surface area contributed by atoms with Gasteiger partial charge in [0.2, 0.25) is 5.91 Å². The molecule has 0 radical (unpaired) electrons. The zero-order valence-electron chi connectivity index (χ0n) is 12.9. The Morgan fingerprint density at radius 3 is 2.75 bits per heavy atom. The standard InChI is InChI=1S/C17H15N3O3S/c1-11-5-2-3-7-13(11)18-15(21)10-20-16(22)14(19-17(20)23)9-12-6-4-8-24-12/h2-9H,10H2,1H3,(H,18,21)(H,19,23). The molecule has 1 aliphatic rings. The number of thiophene rings is 1. The molecule has 4 amide bonds. The first-order chi connectivity index (χ1) is 11.5. The van der Waals surface area contributed by atoms with Crippen LogP contribution in [0.25, 0.3) is 6.08 Å². The van der Waals surface area contributed by atoms with Gasteiger partial charge in [-0.15, -0.1) is 11.3 Å². The van der Waals surface area contributed by atoms with E-state index in [4.69, 9.17) is 0 Å². The summed E-state index contributed by atoms with van der Waals surface area (Å²) >= 11 is 1.45. The number of nitrogens with one attached hydrogen (secondary N) is 2. The largest absolute Gasteiger partial charge is 0.329 e. The van der Waals surface area contributed by atoms with Crippen LogP contribution >= 0.6 is 11.3 Å². The molecular formula is C17H15N3O3S. The van der Waals surface area contributed by atoms with Crippen LogP contribution in [0.5, 0.6) is 0 Å². The Morgan fingerprint density at radius 1 is 1.25 bits per heavy atom. The van der Waals surface area contributed by atoms with E-state index in [2.05, 4.69) is 10.6 Å². The summed E-state index contributed by atoms with van der Waals surface area (Å²) in [4.78, 5) is 38.1. The van der Waals surface area contributed by atoms with Gasteiger partial charge in [-0.25, -0.2) is 9.69 Å². The predicted molar refractivity (Wildman–Crippen MR) is 92.3 cm³/mol. The van der Waals surface area contributed by atoms with Gasteiger partial charge in [0.25, 0.3) is 5.91 Å². The molecule has 24 heavy (non-hydrogen) atoms. The van der Waals surface area contributed by atoms with Gasteiger partial charge in [0.1, 0.15) is 12.2 Å². The molecule has 1 fully saturated rings. The molecule has 1 aliphatic heterocycles. The van der Waals surface area contributed by atoms with Crippen molar-refractivity contribution in [2.75, 3.05) is 11.9 Å². The number of hydrogen-bond donors (Lipinski definition) is 2. The van der Waals surface area contributed by atoms with Crippen molar-refractivity contribution in [3.05, 3.63) is 57.9 Å². The number of amides is 4. The third kappa shape index (κ3) is 3.36. The molecule has 6 nitrogen and oxygen atoms in total. The number of carbonyl (C=O) groups excluding carboxylic acids is 3. The first-order valence-electron chi connectivity index (χ1n) is 7.28. The van der Waals surface area contributed by atoms with Crippen LogP contribution in [0.3, 0.4) is 0 Å². The van der Waals surface area contributed by atoms with Crippen molar-refractivity contribution in [3.63, 3.8) is 0 Å². The Kier molecular flexibility index (Phi) is 4.43. The lowest BCUT2D eigenvalue weighted by Gasteiger charge is -2.13. The van der Waals surface area contributed by atoms with Crippen molar-refractivity contribution < 1.29 is 14.4 Å². The van der Waals surface area contributed by atoms with E-state index in [9.17, 15) is 14.4 Å². The third-order valence-corrected chi connectivity index (χ3v) is 4.33. The molecule has 0 unspecified atom stereocenters. The van der Waals surface area contributed by atoms with Gasteiger partial charge in [0.15, 0.2) is 0 Å². The number of carbonyl (C=O) groups is 3. The number of urea groups is 1. The molecule has 7 heteroatoms. The summed E-state index contributed by atoms with van der Waals surface area (Å²) in [6.07, 6.45) is 1.60. The van der Waals surface area contributed by atoms with E-state index < -0.39 is 17.8 Å². The van der Waals surface area contributed by atoms with Crippen LogP contribution in [-0.2, 0) is 9.59 Å². The fourth-order valence-electron chi connectivity index (χ4n) is 2.28. The van der Waals surface area contributed by atoms with Crippen molar-refractivity contribution in [3.8, 4) is 0 Å². The van der Waals surface area contributed by atoms with Crippen LogP contribution in [0.15, 0.2) is 47.5 Å². The summed E-state index contributed by atoms with van der Waals surface area (Å²) in [5.74, 6) is -0.932. The maximum atomic E-state index is 12.3. The molecule has 1 aromatic carbocycles. The van der Waals surface area contributed by atoms with Crippen molar-refractivity contribution in [2.24, 2.45) is 0 Å². The van der Waals surface area contributed by atoms with Crippen LogP contribution in [0.1, 0.15) is 10.4 Å². The van der Waals surface area contributed by atoms with Crippen molar-refractivity contribution >= 4 is 40.9 Å². The van der Waals surface area contributed by atoms with Crippen LogP contribution < -0.4 is 10.6 Å². The fraction of sp³-hybridized carbons (Fsp3) is 0.118. The van der Waals surface area contributed by atoms with Gasteiger partial charge in [0, 0.05) is 10.6 Å². The number of nitrogens with zero attached hydrogens (tertiary/aromatic N) is 1. The predicted octanol–water partition coefficient (Wildman–Crippen LogP) is 2.59. The summed E-state index contributed by atoms with van der Waals surface area (Å²) in [5, 5.41) is 7.08. The minimum atomic E-state index is -0.595. The van der Waals surface area contributed by atoms with Gasteiger partial charge in [-0.2, -0.15) is 0 Å². The monoisotopic (exact) mass is 341 g/mol. The summed E-state index contributed by atoms with van der Waals surface area (Å²) < 4.78 is 0. The van der Waals surface area contributed by atoms with E-state index in [1.54, 1.807) is 18.2 Å². The van der Waals surface area contributed by atoms with Crippen LogP contribution in [0.4, 0.5) is 10.5 Å². The molecule has 3 rings (SSSR count). The lowest BCUT2D eigenvalue weighted by atomic mass is 10.2. The number of benzene rings is 1. The second kappa shape index (κ2) is 6.67. The van der Waals surface area contributed by atoms with Crippen molar-refractivity contribution in [1.82, 2.24) is 10.2 Å². The zero-order valence-corrected chi connectivity index (χ0v) is 13.7. The second-order valence-electron chi connectivity index (χ2n) is 5.26. The van der Waals surface area contributed by atoms with Gasteiger partial charge in [-0.1, -0.05) is 24.3 Å². The van der Waals surface area contributed by atoms with E-state index >= 15 is 0 Å². The number of rotatable bonds is 4. The SMILES string of the molecule is Cc1ccccc1NC(=O)CN1C(=O)NC(=Cc2cccs2)C1=O. The van der Waals surface area contributed by atoms with Crippen molar-refractivity contribution in [1.29, 1.82) is 0 Å². The second-order valence-corrected chi connectivity index (χ2v) is 6.24. The van der Waals surface area contributed by atoms with E-state index in [1.807, 2.05) is 36.6 Å². The summed E-state index contributed by atoms with van der Waals surface area (Å²) in [6.45, 7) is 1.53. The molecule has 0 bridgehead atoms. The Hall–Kier alpha value is -2.93. The summed E-state index contributed by atoms with van der Waals surface area (Å²) in [6, 6.07) is 10.4. The summed E-state index contributed by atoms with van der Waals surface area (Å²) in [5.41, 5.74) is 1.73. The maximum Gasteiger partial charge on any atom is 0.329 e. The lowest BCUT2D eigenvalue weighted by Crippen LogP contribution is -2.38. The number of imide groups is 1. The minimum absolute atomic E-state index is 0.172. The highest BCUT2D eigenvalue weighted by molar-refractivity contribution is 7.10. The highest BCUT2D eigenvalue weighted by atomic mass is 32.1. The van der Waals surface area contributed by atoms with E-state index in [0.29, 0.717) is 5.69 Å². The Balaban J connectivity index is 1.69. The quantitative estimate of drug-likeness (QED) is 0.663. The first kappa shape index (κ1) is 15.9. The molecule has 0 aliphatic carbocycles. The molecule has 0 saturated carbocycles. The van der Waals surface area contributed by atoms with E-state index in [-0.39, 0.29) is 12.2 Å². The van der Waals surface area contributed by atoms with Gasteiger partial charge in [0.05, 0.1) is 0 Å². The van der Waals surface area contributed by atoms with Crippen LogP contribution in [0.2, 0.25) is 0 Å². The van der Waals surface area contributed by atoms with Gasteiger partial charge in [-0.05, 0) is 36.1 Å². The highest BCUT2D eigenvalue weighted by Gasteiger charge is 2.34. The first-order valence-corrected chi connectivity index (χ1v) is 8.16. The smallest absolute Gasteiger partial charge is 0.324 e. The molecule has 0 spiro atoms. The molecule has 1 saturated heterocycles. The van der Waals surface area contributed by atoms with Crippen molar-refractivity contribution in [2.45, 2.75) is 6.92 Å². The molecular weight excluding hydrogens is 326 g/mol. The molecule has 122 valence electrons. The van der Waals surface area contributed by atoms with E-state index in [0.717, 1.165) is 15.3 Å². The lowest BCUT2D eigenvalue weighted by molar-refractivity contribution is -0.127. The van der Waals surface area contributed by atoms with Gasteiger partial charge >= 0.3 is 6.03 Å². The summed E-state index contributed by atoms with van der Waals surface area (Å²) in [7, 11) is 0. The number of anilines is 1. The third-order valence-electron chi connectivity index (χ3n) is 3.51. The fourth-order valence-corrected chi connectivity index (χ4v) is 2.93. The van der Waals surface area contributed by atoms with Gasteiger partial charge < -0.3 is 10.6 Å². The number of para-hydroxylation sites is 1. The van der Waals surface area contributed by atoms with Gasteiger partial charge in [-0.3, -0.25) is 9.59 Å². The highest BCUT2D eigenvalue weighted by Crippen LogP contribution is 2.18. The topological polar surface area (TPSA) is 78.5 Å². The average molecular weight is 341 g/mol. The molecule has 2 N–H and O–H groups in total. The Labute approximate surface area is 142 Å². The molecule has 2 aromatic rings. The molecule has 2 heterocycles. The average Bonchev–Trinajstić information content (AvgIpc) is 3.14. The minimum Gasteiger partial charge on any atom is -0.324 e. The zero-order chi connectivity index (χ0) is 17.1. The molecule has 1 aromatic heterocycles. The Morgan fingerprint density at radius 2 is 2.04 bits per heavy atom. The van der Waals surface area contributed by atoms with Crippen LogP contribution in [-0.4, -0.2) is 29.3 Å². The maximum absolute atomic E-state index is 12.3. The van der Waals surface area contributed by atoms with E-state index in [1.165, 1.54) is 11.3 Å². The van der Waals surface area contributed by atoms with Crippen LogP contribution in [0, 0.1) is 6.92 Å². The molecule has 0 atom stereocenters. The number of aryl methyl sites for hydroxylation is 1.